The molecule has 2 heterocycles. The number of rotatable bonds is 9. The van der Waals surface area contributed by atoms with E-state index in [1.807, 2.05) is 0 Å². The van der Waals surface area contributed by atoms with Gasteiger partial charge in [-0.15, -0.1) is 0 Å². The molecule has 1 amide bonds. The minimum Gasteiger partial charge on any atom is -0.474 e. The SMILES string of the molecule is CCOC(=O)c1cnn(-c2ccc(C(=O)Nc3cccnc3OCCOC)cc2)c1C(F)(F)F. The second kappa shape index (κ2) is 10.8. The molecule has 3 rings (SSSR count). The maximum atomic E-state index is 13.7. The summed E-state index contributed by atoms with van der Waals surface area (Å²) >= 11 is 0. The molecule has 0 fully saturated rings. The minimum atomic E-state index is -4.87. The van der Waals surface area contributed by atoms with Crippen LogP contribution in [-0.2, 0) is 15.7 Å². The Morgan fingerprint density at radius 3 is 2.50 bits per heavy atom. The van der Waals surface area contributed by atoms with Crippen molar-refractivity contribution in [2.45, 2.75) is 13.1 Å². The predicted octanol–water partition coefficient (Wildman–Crippen LogP) is 3.74. The lowest BCUT2D eigenvalue weighted by Gasteiger charge is -2.13. The minimum absolute atomic E-state index is 0.00406. The summed E-state index contributed by atoms with van der Waals surface area (Å²) < 4.78 is 56.7. The van der Waals surface area contributed by atoms with Gasteiger partial charge in [0.15, 0.2) is 5.69 Å². The molecule has 0 bridgehead atoms. The second-order valence-corrected chi connectivity index (χ2v) is 6.74. The molecule has 3 aromatic rings. The van der Waals surface area contributed by atoms with E-state index >= 15 is 0 Å². The number of anilines is 1. The number of carbonyl (C=O) groups excluding carboxylic acids is 2. The van der Waals surface area contributed by atoms with Crippen LogP contribution in [0.1, 0.15) is 33.3 Å². The van der Waals surface area contributed by atoms with E-state index in [9.17, 15) is 22.8 Å². The number of methoxy groups -OCH3 is 1. The van der Waals surface area contributed by atoms with Gasteiger partial charge < -0.3 is 19.5 Å². The van der Waals surface area contributed by atoms with Crippen molar-refractivity contribution in [2.75, 3.05) is 32.2 Å². The number of ether oxygens (including phenoxy) is 3. The third kappa shape index (κ3) is 5.70. The van der Waals surface area contributed by atoms with Gasteiger partial charge in [0.25, 0.3) is 5.91 Å². The molecule has 0 spiro atoms. The summed E-state index contributed by atoms with van der Waals surface area (Å²) in [6, 6.07) is 8.43. The van der Waals surface area contributed by atoms with E-state index in [1.54, 1.807) is 12.1 Å². The standard InChI is InChI=1S/C22H21F3N4O5/c1-3-33-21(31)16-13-27-29(18(16)22(23,24)25)15-8-6-14(7-9-15)19(30)28-17-5-4-10-26-20(17)34-12-11-32-2/h4-10,13H,3,11-12H2,1-2H3,(H,28,30). The summed E-state index contributed by atoms with van der Waals surface area (Å²) in [6.07, 6.45) is -2.57. The van der Waals surface area contributed by atoms with E-state index in [1.165, 1.54) is 44.5 Å². The Kier molecular flexibility index (Phi) is 7.84. The average molecular weight is 478 g/mol. The Hall–Kier alpha value is -3.93. The number of amides is 1. The highest BCUT2D eigenvalue weighted by atomic mass is 19.4. The van der Waals surface area contributed by atoms with Gasteiger partial charge in [0.2, 0.25) is 5.88 Å². The van der Waals surface area contributed by atoms with E-state index < -0.39 is 29.3 Å². The molecule has 34 heavy (non-hydrogen) atoms. The summed E-state index contributed by atoms with van der Waals surface area (Å²) in [6.45, 7) is 1.96. The Bertz CT molecular complexity index is 1150. The summed E-state index contributed by atoms with van der Waals surface area (Å²) in [4.78, 5) is 28.7. The smallest absolute Gasteiger partial charge is 0.434 e. The number of esters is 1. The third-order valence-corrected chi connectivity index (χ3v) is 4.45. The average Bonchev–Trinajstić information content (AvgIpc) is 3.27. The fraction of sp³-hybridized carbons (Fsp3) is 0.273. The Morgan fingerprint density at radius 1 is 1.12 bits per heavy atom. The second-order valence-electron chi connectivity index (χ2n) is 6.74. The first-order chi connectivity index (χ1) is 16.3. The lowest BCUT2D eigenvalue weighted by Crippen LogP contribution is -2.18. The molecule has 9 nitrogen and oxygen atoms in total. The van der Waals surface area contributed by atoms with Crippen LogP contribution in [0.15, 0.2) is 48.8 Å². The molecule has 0 unspecified atom stereocenters. The number of hydrogen-bond acceptors (Lipinski definition) is 7. The summed E-state index contributed by atoms with van der Waals surface area (Å²) in [7, 11) is 1.52. The third-order valence-electron chi connectivity index (χ3n) is 4.45. The van der Waals surface area contributed by atoms with Crippen LogP contribution in [0.3, 0.4) is 0 Å². The number of benzene rings is 1. The molecule has 2 aromatic heterocycles. The van der Waals surface area contributed by atoms with E-state index in [-0.39, 0.29) is 30.3 Å². The lowest BCUT2D eigenvalue weighted by molar-refractivity contribution is -0.143. The van der Waals surface area contributed by atoms with Crippen LogP contribution in [0.25, 0.3) is 5.69 Å². The van der Waals surface area contributed by atoms with Crippen LogP contribution in [0.4, 0.5) is 18.9 Å². The Morgan fingerprint density at radius 2 is 1.85 bits per heavy atom. The number of carbonyl (C=O) groups is 2. The van der Waals surface area contributed by atoms with Crippen molar-refractivity contribution < 1.29 is 37.0 Å². The van der Waals surface area contributed by atoms with Crippen molar-refractivity contribution in [1.82, 2.24) is 14.8 Å². The molecule has 1 aromatic carbocycles. The number of pyridine rings is 1. The highest BCUT2D eigenvalue weighted by molar-refractivity contribution is 6.05. The summed E-state index contributed by atoms with van der Waals surface area (Å²) in [5, 5.41) is 6.36. The van der Waals surface area contributed by atoms with Crippen molar-refractivity contribution in [1.29, 1.82) is 0 Å². The largest absolute Gasteiger partial charge is 0.474 e. The van der Waals surface area contributed by atoms with Crippen molar-refractivity contribution in [3.05, 3.63) is 65.6 Å². The fourth-order valence-electron chi connectivity index (χ4n) is 2.95. The van der Waals surface area contributed by atoms with Gasteiger partial charge in [-0.3, -0.25) is 4.79 Å². The van der Waals surface area contributed by atoms with E-state index in [0.29, 0.717) is 17.0 Å². The maximum Gasteiger partial charge on any atom is 0.434 e. The van der Waals surface area contributed by atoms with E-state index in [4.69, 9.17) is 14.2 Å². The molecule has 1 N–H and O–H groups in total. The molecule has 180 valence electrons. The summed E-state index contributed by atoms with van der Waals surface area (Å²) in [5.74, 6) is -1.46. The van der Waals surface area contributed by atoms with Gasteiger partial charge in [-0.25, -0.2) is 14.5 Å². The maximum absolute atomic E-state index is 13.7. The highest BCUT2D eigenvalue weighted by Crippen LogP contribution is 2.34. The van der Waals surface area contributed by atoms with Gasteiger partial charge in [-0.05, 0) is 43.3 Å². The highest BCUT2D eigenvalue weighted by Gasteiger charge is 2.41. The van der Waals surface area contributed by atoms with Crippen LogP contribution in [0.5, 0.6) is 5.88 Å². The number of aromatic nitrogens is 3. The van der Waals surface area contributed by atoms with Crippen molar-refractivity contribution >= 4 is 17.6 Å². The van der Waals surface area contributed by atoms with Gasteiger partial charge in [0.05, 0.1) is 25.1 Å². The fourth-order valence-corrected chi connectivity index (χ4v) is 2.95. The monoisotopic (exact) mass is 478 g/mol. The molecule has 0 aliphatic rings. The normalized spacial score (nSPS) is 11.2. The molecule has 0 saturated heterocycles. The number of hydrogen-bond donors (Lipinski definition) is 1. The van der Waals surface area contributed by atoms with Crippen LogP contribution >= 0.6 is 0 Å². The van der Waals surface area contributed by atoms with E-state index in [2.05, 4.69) is 15.4 Å². The van der Waals surface area contributed by atoms with Gasteiger partial charge in [-0.1, -0.05) is 0 Å². The predicted molar refractivity (Wildman–Crippen MR) is 114 cm³/mol. The van der Waals surface area contributed by atoms with Gasteiger partial charge in [-0.2, -0.15) is 18.3 Å². The molecular formula is C22H21F3N4O5. The number of nitrogens with one attached hydrogen (secondary N) is 1. The van der Waals surface area contributed by atoms with Crippen LogP contribution in [-0.4, -0.2) is 53.6 Å². The zero-order valence-corrected chi connectivity index (χ0v) is 18.3. The topological polar surface area (TPSA) is 105 Å². The number of nitrogens with zero attached hydrogens (tertiary/aromatic N) is 3. The van der Waals surface area contributed by atoms with Gasteiger partial charge >= 0.3 is 12.1 Å². The molecule has 0 atom stereocenters. The number of halogens is 3. The molecule has 0 aliphatic heterocycles. The quantitative estimate of drug-likeness (QED) is 0.369. The Balaban J connectivity index is 1.83. The molecule has 12 heteroatoms. The first-order valence-electron chi connectivity index (χ1n) is 10.1. The van der Waals surface area contributed by atoms with Crippen molar-refractivity contribution in [3.8, 4) is 11.6 Å². The Labute approximate surface area is 192 Å². The first kappa shape index (κ1) is 24.7. The lowest BCUT2D eigenvalue weighted by atomic mass is 10.1. The first-order valence-corrected chi connectivity index (χ1v) is 10.1. The summed E-state index contributed by atoms with van der Waals surface area (Å²) in [5.41, 5.74) is -1.48. The van der Waals surface area contributed by atoms with Gasteiger partial charge in [0, 0.05) is 18.9 Å². The van der Waals surface area contributed by atoms with Gasteiger partial charge in [0.1, 0.15) is 17.9 Å². The molecule has 0 saturated carbocycles. The van der Waals surface area contributed by atoms with Crippen LogP contribution in [0.2, 0.25) is 0 Å². The zero-order chi connectivity index (χ0) is 24.7. The van der Waals surface area contributed by atoms with Crippen molar-refractivity contribution in [3.63, 3.8) is 0 Å². The van der Waals surface area contributed by atoms with Crippen molar-refractivity contribution in [2.24, 2.45) is 0 Å². The van der Waals surface area contributed by atoms with Crippen LogP contribution in [0, 0.1) is 0 Å². The van der Waals surface area contributed by atoms with E-state index in [0.717, 1.165) is 6.20 Å². The number of alkyl halides is 3. The zero-order valence-electron chi connectivity index (χ0n) is 18.3. The van der Waals surface area contributed by atoms with Crippen LogP contribution < -0.4 is 10.1 Å². The molecule has 0 aliphatic carbocycles. The molecular weight excluding hydrogens is 457 g/mol. The molecule has 0 radical (unpaired) electrons.